The Morgan fingerprint density at radius 2 is 1.00 bits per heavy atom. The molecule has 51 heavy (non-hydrogen) atoms. The molecule has 7 aromatic carbocycles. The minimum absolute atomic E-state index is 0.0465. The zero-order valence-corrected chi connectivity index (χ0v) is 26.7. The normalized spacial score (nSPS) is 13.3. The molecule has 0 bridgehead atoms. The van der Waals surface area contributed by atoms with Gasteiger partial charge in [0.2, 0.25) is 0 Å². The predicted octanol–water partition coefficient (Wildman–Crippen LogP) is 11.8. The van der Waals surface area contributed by atoms with E-state index >= 15 is 0 Å². The minimum Gasteiger partial charge on any atom is -0.456 e. The summed E-state index contributed by atoms with van der Waals surface area (Å²) in [7, 11) is 0. The van der Waals surface area contributed by atoms with E-state index in [1.165, 1.54) is 0 Å². The minimum atomic E-state index is -0.495. The Bertz CT molecular complexity index is 3380. The lowest BCUT2D eigenvalue weighted by Crippen LogP contribution is -2.00. The van der Waals surface area contributed by atoms with Crippen LogP contribution in [0, 0.1) is 0 Å². The van der Waals surface area contributed by atoms with Crippen molar-refractivity contribution in [1.29, 1.82) is 0 Å². The average Bonchev–Trinajstić information content (AvgIpc) is 3.91. The number of benzene rings is 7. The lowest BCUT2D eigenvalue weighted by atomic mass is 10.1. The van der Waals surface area contributed by atoms with Crippen LogP contribution in [0.2, 0.25) is 0 Å². The molecular formula is C45H26N4O2. The number of rotatable bonds is 4. The van der Waals surface area contributed by atoms with Crippen LogP contribution in [0.15, 0.2) is 166 Å². The summed E-state index contributed by atoms with van der Waals surface area (Å²) in [5.74, 6) is 0.462. The first-order valence-electron chi connectivity index (χ1n) is 19.0. The lowest BCUT2D eigenvalue weighted by Gasteiger charge is -2.10. The standard InChI is InChI=1S/C45H26N4O2/c1-2-11-27(12-3-1)43-46-44(48-45(47-43)29-21-23-33-32-15-6-9-19-38(32)51-41(33)26-29)28-22-24-39-34(25-28)42-37(18-10-20-40(42)50-39)49-35-16-7-4-13-30(35)31-14-5-8-17-36(31)49/h1-26H/i1D,2D,3D,11D,12D. The Morgan fingerprint density at radius 3 is 1.76 bits per heavy atom. The number of nitrogens with zero attached hydrogens (tertiary/aromatic N) is 4. The number of furan rings is 2. The Morgan fingerprint density at radius 1 is 0.431 bits per heavy atom. The third-order valence-electron chi connectivity index (χ3n) is 9.55. The van der Waals surface area contributed by atoms with Crippen molar-refractivity contribution in [3.05, 3.63) is 158 Å². The van der Waals surface area contributed by atoms with Crippen molar-refractivity contribution in [3.8, 4) is 39.9 Å². The van der Waals surface area contributed by atoms with Crippen LogP contribution < -0.4 is 0 Å². The molecule has 0 unspecified atom stereocenters. The number of hydrogen-bond donors (Lipinski definition) is 0. The largest absolute Gasteiger partial charge is 0.456 e. The van der Waals surface area contributed by atoms with Gasteiger partial charge in [0.15, 0.2) is 17.5 Å². The Labute approximate surface area is 297 Å². The molecule has 4 heterocycles. The van der Waals surface area contributed by atoms with Gasteiger partial charge in [-0.1, -0.05) is 96.9 Å². The van der Waals surface area contributed by atoms with Gasteiger partial charge in [-0.3, -0.25) is 0 Å². The molecule has 0 aliphatic heterocycles. The maximum absolute atomic E-state index is 8.77. The number of aromatic nitrogens is 4. The van der Waals surface area contributed by atoms with E-state index in [0.29, 0.717) is 27.9 Å². The van der Waals surface area contributed by atoms with Crippen LogP contribution in [0.3, 0.4) is 0 Å². The van der Waals surface area contributed by atoms with Crippen LogP contribution in [0.5, 0.6) is 0 Å². The zero-order valence-electron chi connectivity index (χ0n) is 31.7. The molecule has 0 atom stereocenters. The molecule has 0 N–H and O–H groups in total. The fourth-order valence-electron chi connectivity index (χ4n) is 7.29. The molecule has 238 valence electrons. The molecule has 0 aliphatic rings. The second-order valence-electron chi connectivity index (χ2n) is 12.4. The molecule has 6 heteroatoms. The predicted molar refractivity (Wildman–Crippen MR) is 205 cm³/mol. The van der Waals surface area contributed by atoms with E-state index in [0.717, 1.165) is 54.6 Å². The van der Waals surface area contributed by atoms with Gasteiger partial charge in [0.1, 0.15) is 22.3 Å². The summed E-state index contributed by atoms with van der Waals surface area (Å²) in [5.41, 5.74) is 6.98. The molecular weight excluding hydrogens is 629 g/mol. The Kier molecular flexibility index (Phi) is 4.91. The average molecular weight is 660 g/mol. The van der Waals surface area contributed by atoms with Crippen molar-refractivity contribution >= 4 is 65.7 Å². The van der Waals surface area contributed by atoms with Gasteiger partial charge >= 0.3 is 0 Å². The topological polar surface area (TPSA) is 69.9 Å². The molecule has 6 nitrogen and oxygen atoms in total. The van der Waals surface area contributed by atoms with Gasteiger partial charge in [-0.05, 0) is 60.7 Å². The van der Waals surface area contributed by atoms with E-state index in [1.54, 1.807) is 0 Å². The van der Waals surface area contributed by atoms with E-state index in [4.69, 9.17) is 30.6 Å². The van der Waals surface area contributed by atoms with Gasteiger partial charge in [0.05, 0.1) is 29.0 Å². The molecule has 0 spiro atoms. The molecule has 0 saturated heterocycles. The molecule has 11 rings (SSSR count). The summed E-state index contributed by atoms with van der Waals surface area (Å²) in [6.45, 7) is 0. The SMILES string of the molecule is [2H]c1c([2H])c([2H])c(-c2nc(-c3ccc4c(c3)oc3ccccc34)nc(-c3ccc4oc5cccc(-n6c7ccccc7c7ccccc76)c5c4c3)n2)c([2H])c1[2H]. The molecule has 4 aromatic heterocycles. The molecule has 0 amide bonds. The Hall–Kier alpha value is -7.05. The van der Waals surface area contributed by atoms with Crippen LogP contribution >= 0.6 is 0 Å². The van der Waals surface area contributed by atoms with Gasteiger partial charge < -0.3 is 13.4 Å². The van der Waals surface area contributed by atoms with Crippen molar-refractivity contribution in [1.82, 2.24) is 19.5 Å². The van der Waals surface area contributed by atoms with Crippen molar-refractivity contribution in [3.63, 3.8) is 0 Å². The fraction of sp³-hybridized carbons (Fsp3) is 0. The first-order valence-corrected chi connectivity index (χ1v) is 16.5. The van der Waals surface area contributed by atoms with Crippen LogP contribution in [0.25, 0.3) is 106 Å². The van der Waals surface area contributed by atoms with E-state index < -0.39 is 30.2 Å². The second-order valence-corrected chi connectivity index (χ2v) is 12.4. The van der Waals surface area contributed by atoms with Crippen molar-refractivity contribution in [2.45, 2.75) is 0 Å². The highest BCUT2D eigenvalue weighted by Gasteiger charge is 2.20. The zero-order chi connectivity index (χ0) is 37.8. The lowest BCUT2D eigenvalue weighted by molar-refractivity contribution is 0.668. The van der Waals surface area contributed by atoms with Gasteiger partial charge in [-0.25, -0.2) is 15.0 Å². The number of hydrogen-bond acceptors (Lipinski definition) is 5. The summed E-state index contributed by atoms with van der Waals surface area (Å²) in [6, 6.07) is 39.7. The third kappa shape index (κ3) is 4.26. The molecule has 11 aromatic rings. The maximum atomic E-state index is 8.77. The van der Waals surface area contributed by atoms with Gasteiger partial charge in [0.25, 0.3) is 0 Å². The molecule has 0 aliphatic carbocycles. The summed E-state index contributed by atoms with van der Waals surface area (Å²) >= 11 is 0. The smallest absolute Gasteiger partial charge is 0.164 e. The van der Waals surface area contributed by atoms with E-state index in [2.05, 4.69) is 47.0 Å². The van der Waals surface area contributed by atoms with Crippen LogP contribution in [0.1, 0.15) is 6.85 Å². The van der Waals surface area contributed by atoms with Crippen molar-refractivity contribution < 1.29 is 15.7 Å². The summed E-state index contributed by atoms with van der Waals surface area (Å²) in [4.78, 5) is 14.5. The third-order valence-corrected chi connectivity index (χ3v) is 9.55. The Balaban J connectivity index is 1.16. The number of fused-ring (bicyclic) bond motifs is 9. The summed E-state index contributed by atoms with van der Waals surface area (Å²) in [5, 5.41) is 5.95. The quantitative estimate of drug-likeness (QED) is 0.188. The highest BCUT2D eigenvalue weighted by Crippen LogP contribution is 2.40. The summed E-state index contributed by atoms with van der Waals surface area (Å²) in [6.07, 6.45) is 0. The fourth-order valence-corrected chi connectivity index (χ4v) is 7.29. The highest BCUT2D eigenvalue weighted by molar-refractivity contribution is 6.15. The maximum Gasteiger partial charge on any atom is 0.164 e. The van der Waals surface area contributed by atoms with E-state index in [1.807, 2.05) is 84.9 Å². The van der Waals surface area contributed by atoms with Crippen LogP contribution in [0.4, 0.5) is 0 Å². The molecule has 0 fully saturated rings. The number of para-hydroxylation sites is 3. The molecule has 0 saturated carbocycles. The van der Waals surface area contributed by atoms with E-state index in [9.17, 15) is 0 Å². The van der Waals surface area contributed by atoms with Crippen LogP contribution in [-0.4, -0.2) is 19.5 Å². The van der Waals surface area contributed by atoms with Gasteiger partial charge in [-0.15, -0.1) is 0 Å². The van der Waals surface area contributed by atoms with Crippen LogP contribution in [-0.2, 0) is 0 Å². The van der Waals surface area contributed by atoms with Crippen molar-refractivity contribution in [2.24, 2.45) is 0 Å². The first kappa shape index (κ1) is 23.3. The van der Waals surface area contributed by atoms with Gasteiger partial charge in [-0.2, -0.15) is 0 Å². The van der Waals surface area contributed by atoms with Crippen molar-refractivity contribution in [2.75, 3.05) is 0 Å². The van der Waals surface area contributed by atoms with E-state index in [-0.39, 0.29) is 23.0 Å². The van der Waals surface area contributed by atoms with Gasteiger partial charge in [0, 0.05) is 43.6 Å². The first-order chi connectivity index (χ1) is 27.3. The monoisotopic (exact) mass is 659 g/mol. The summed E-state index contributed by atoms with van der Waals surface area (Å²) < 4.78 is 57.4. The molecule has 0 radical (unpaired) electrons. The second kappa shape index (κ2) is 10.7. The highest BCUT2D eigenvalue weighted by atomic mass is 16.3.